The molecule has 0 saturated heterocycles. The Labute approximate surface area is 179 Å². The number of aliphatic hydroxyl groups is 1. The number of carboxylic acid groups (broad SMARTS) is 1. The summed E-state index contributed by atoms with van der Waals surface area (Å²) in [6.07, 6.45) is 0.488. The third-order valence-electron chi connectivity index (χ3n) is 4.60. The first-order valence-electron chi connectivity index (χ1n) is 9.09. The van der Waals surface area contributed by atoms with Gasteiger partial charge in [0, 0.05) is 16.5 Å². The van der Waals surface area contributed by atoms with Gasteiger partial charge in [-0.2, -0.15) is 0 Å². The minimum Gasteiger partial charge on any atom is -0.494 e. The zero-order chi connectivity index (χ0) is 20.9. The highest BCUT2D eigenvalue weighted by atomic mass is 35.5. The third kappa shape index (κ3) is 5.10. The van der Waals surface area contributed by atoms with Crippen molar-refractivity contribution >= 4 is 29.2 Å². The van der Waals surface area contributed by atoms with Crippen LogP contribution in [0.5, 0.6) is 5.75 Å². The molecule has 2 N–H and O–H groups in total. The Morgan fingerprint density at radius 2 is 1.21 bits per heavy atom. The SMILES string of the molecule is O=C(O)CCCOc1ccc(C(O)(c2ccc(Cl)cc2)c2ccc(Cl)cc2)cc1. The molecule has 4 nitrogen and oxygen atoms in total. The van der Waals surface area contributed by atoms with E-state index in [1.807, 2.05) is 0 Å². The molecule has 0 heterocycles. The Morgan fingerprint density at radius 1 is 0.793 bits per heavy atom. The van der Waals surface area contributed by atoms with Crippen LogP contribution in [0.15, 0.2) is 72.8 Å². The molecule has 0 saturated carbocycles. The first-order valence-corrected chi connectivity index (χ1v) is 9.85. The molecular formula is C23H20Cl2O4. The Balaban J connectivity index is 1.91. The quantitative estimate of drug-likeness (QED) is 0.364. The van der Waals surface area contributed by atoms with Crippen molar-refractivity contribution in [3.8, 4) is 5.75 Å². The van der Waals surface area contributed by atoms with Gasteiger partial charge in [0.15, 0.2) is 0 Å². The summed E-state index contributed by atoms with van der Waals surface area (Å²) >= 11 is 12.0. The van der Waals surface area contributed by atoms with Crippen molar-refractivity contribution < 1.29 is 19.7 Å². The lowest BCUT2D eigenvalue weighted by Crippen LogP contribution is -2.28. The third-order valence-corrected chi connectivity index (χ3v) is 5.10. The molecule has 6 heteroatoms. The van der Waals surface area contributed by atoms with Crippen molar-refractivity contribution in [2.45, 2.75) is 18.4 Å². The van der Waals surface area contributed by atoms with Crippen LogP contribution in [0.4, 0.5) is 0 Å². The van der Waals surface area contributed by atoms with E-state index in [0.717, 1.165) is 0 Å². The van der Waals surface area contributed by atoms with Crippen LogP contribution in [-0.2, 0) is 10.4 Å². The van der Waals surface area contributed by atoms with Gasteiger partial charge in [0.25, 0.3) is 0 Å². The second-order valence-electron chi connectivity index (χ2n) is 6.59. The minimum absolute atomic E-state index is 0.0605. The van der Waals surface area contributed by atoms with Crippen molar-refractivity contribution in [2.75, 3.05) is 6.61 Å². The topological polar surface area (TPSA) is 66.8 Å². The number of ether oxygens (including phenoxy) is 1. The van der Waals surface area contributed by atoms with E-state index >= 15 is 0 Å². The van der Waals surface area contributed by atoms with Gasteiger partial charge < -0.3 is 14.9 Å². The van der Waals surface area contributed by atoms with Crippen molar-refractivity contribution in [1.82, 2.24) is 0 Å². The summed E-state index contributed by atoms with van der Waals surface area (Å²) in [6.45, 7) is 0.310. The molecule has 0 aliphatic rings. The largest absolute Gasteiger partial charge is 0.494 e. The first-order chi connectivity index (χ1) is 13.9. The molecule has 0 spiro atoms. The zero-order valence-electron chi connectivity index (χ0n) is 15.5. The summed E-state index contributed by atoms with van der Waals surface area (Å²) in [7, 11) is 0. The number of carbonyl (C=O) groups is 1. The van der Waals surface area contributed by atoms with Gasteiger partial charge in [-0.15, -0.1) is 0 Å². The van der Waals surface area contributed by atoms with E-state index in [0.29, 0.717) is 45.5 Å². The van der Waals surface area contributed by atoms with E-state index in [2.05, 4.69) is 0 Å². The van der Waals surface area contributed by atoms with Crippen LogP contribution in [0.2, 0.25) is 10.0 Å². The van der Waals surface area contributed by atoms with Crippen LogP contribution in [0.1, 0.15) is 29.5 Å². The van der Waals surface area contributed by atoms with Crippen molar-refractivity contribution in [3.05, 3.63) is 99.5 Å². The lowest BCUT2D eigenvalue weighted by molar-refractivity contribution is -0.137. The number of hydrogen-bond acceptors (Lipinski definition) is 3. The molecule has 0 aliphatic carbocycles. The van der Waals surface area contributed by atoms with E-state index in [-0.39, 0.29) is 6.42 Å². The Kier molecular flexibility index (Phi) is 6.80. The molecule has 29 heavy (non-hydrogen) atoms. The lowest BCUT2D eigenvalue weighted by atomic mass is 9.80. The first kappa shape index (κ1) is 21.2. The number of aliphatic carboxylic acids is 1. The fourth-order valence-electron chi connectivity index (χ4n) is 3.09. The van der Waals surface area contributed by atoms with E-state index in [1.54, 1.807) is 72.8 Å². The summed E-state index contributed by atoms with van der Waals surface area (Å²) in [5.41, 5.74) is 0.579. The second-order valence-corrected chi connectivity index (χ2v) is 7.47. The van der Waals surface area contributed by atoms with E-state index < -0.39 is 11.6 Å². The van der Waals surface area contributed by atoms with Gasteiger partial charge >= 0.3 is 5.97 Å². The number of hydrogen-bond donors (Lipinski definition) is 2. The van der Waals surface area contributed by atoms with Crippen LogP contribution >= 0.6 is 23.2 Å². The molecule has 0 fully saturated rings. The molecular weight excluding hydrogens is 411 g/mol. The maximum absolute atomic E-state index is 11.8. The normalized spacial score (nSPS) is 11.3. The molecule has 3 aromatic rings. The summed E-state index contributed by atoms with van der Waals surface area (Å²) < 4.78 is 5.59. The molecule has 150 valence electrons. The molecule has 0 aromatic heterocycles. The lowest BCUT2D eigenvalue weighted by Gasteiger charge is -2.30. The summed E-state index contributed by atoms with van der Waals surface area (Å²) in [5, 5.41) is 21.6. The maximum Gasteiger partial charge on any atom is 0.303 e. The predicted molar refractivity (Wildman–Crippen MR) is 114 cm³/mol. The molecule has 0 aliphatic heterocycles. The fourth-order valence-corrected chi connectivity index (χ4v) is 3.34. The number of carboxylic acids is 1. The zero-order valence-corrected chi connectivity index (χ0v) is 17.0. The summed E-state index contributed by atoms with van der Waals surface area (Å²) in [4.78, 5) is 10.6. The highest BCUT2D eigenvalue weighted by Crippen LogP contribution is 2.38. The van der Waals surface area contributed by atoms with Gasteiger partial charge in [-0.25, -0.2) is 0 Å². The second kappa shape index (κ2) is 9.31. The molecule has 0 unspecified atom stereocenters. The monoisotopic (exact) mass is 430 g/mol. The van der Waals surface area contributed by atoms with E-state index in [4.69, 9.17) is 33.0 Å². The fraction of sp³-hybridized carbons (Fsp3) is 0.174. The molecule has 3 rings (SSSR count). The van der Waals surface area contributed by atoms with Gasteiger partial charge in [0.1, 0.15) is 11.4 Å². The van der Waals surface area contributed by atoms with Crippen LogP contribution in [0.3, 0.4) is 0 Å². The van der Waals surface area contributed by atoms with Crippen LogP contribution < -0.4 is 4.74 Å². The standard InChI is InChI=1S/C23H20Cl2O4/c24-19-9-3-16(4-10-19)23(28,17-5-11-20(25)12-6-17)18-7-13-21(14-8-18)29-15-1-2-22(26)27/h3-14,28H,1-2,15H2,(H,26,27). The highest BCUT2D eigenvalue weighted by molar-refractivity contribution is 6.30. The average molecular weight is 431 g/mol. The Morgan fingerprint density at radius 3 is 1.62 bits per heavy atom. The van der Waals surface area contributed by atoms with E-state index in [9.17, 15) is 9.90 Å². The minimum atomic E-state index is -1.41. The average Bonchev–Trinajstić information content (AvgIpc) is 2.72. The molecule has 0 bridgehead atoms. The van der Waals surface area contributed by atoms with Gasteiger partial charge in [-0.1, -0.05) is 59.6 Å². The van der Waals surface area contributed by atoms with Gasteiger partial charge in [0.2, 0.25) is 0 Å². The van der Waals surface area contributed by atoms with Crippen molar-refractivity contribution in [1.29, 1.82) is 0 Å². The smallest absolute Gasteiger partial charge is 0.303 e. The highest BCUT2D eigenvalue weighted by Gasteiger charge is 2.33. The number of rotatable bonds is 8. The van der Waals surface area contributed by atoms with Gasteiger partial charge in [-0.05, 0) is 59.5 Å². The maximum atomic E-state index is 11.8. The van der Waals surface area contributed by atoms with E-state index in [1.165, 1.54) is 0 Å². The molecule has 0 radical (unpaired) electrons. The van der Waals surface area contributed by atoms with Crippen molar-refractivity contribution in [2.24, 2.45) is 0 Å². The summed E-state index contributed by atoms with van der Waals surface area (Å²) in [5.74, 6) is -0.242. The van der Waals surface area contributed by atoms with Crippen LogP contribution in [0.25, 0.3) is 0 Å². The van der Waals surface area contributed by atoms with Crippen molar-refractivity contribution in [3.63, 3.8) is 0 Å². The summed E-state index contributed by atoms with van der Waals surface area (Å²) in [6, 6.07) is 21.2. The molecule has 3 aromatic carbocycles. The molecule has 0 amide bonds. The number of benzene rings is 3. The Bertz CT molecular complexity index is 906. The van der Waals surface area contributed by atoms with Gasteiger partial charge in [0.05, 0.1) is 6.61 Å². The van der Waals surface area contributed by atoms with Crippen LogP contribution in [0, 0.1) is 0 Å². The van der Waals surface area contributed by atoms with Crippen LogP contribution in [-0.4, -0.2) is 22.8 Å². The molecule has 0 atom stereocenters. The van der Waals surface area contributed by atoms with Gasteiger partial charge in [-0.3, -0.25) is 4.79 Å². The Hall–Kier alpha value is -2.53. The number of halogens is 2. The predicted octanol–water partition coefficient (Wildman–Crippen LogP) is 5.52.